The zero-order chi connectivity index (χ0) is 27.2. The average molecular weight is 526 g/mol. The molecule has 6 aromatic carbocycles. The summed E-state index contributed by atoms with van der Waals surface area (Å²) in [6.45, 7) is 0. The largest absolute Gasteiger partial charge is 0.456 e. The lowest BCUT2D eigenvalue weighted by Crippen LogP contribution is -2.01. The van der Waals surface area contributed by atoms with Gasteiger partial charge in [0, 0.05) is 27.6 Å². The third-order valence-electron chi connectivity index (χ3n) is 7.51. The van der Waals surface area contributed by atoms with Gasteiger partial charge in [-0.25, -0.2) is 15.0 Å². The van der Waals surface area contributed by atoms with Gasteiger partial charge in [0.15, 0.2) is 17.5 Å². The molecule has 0 aliphatic carbocycles. The van der Waals surface area contributed by atoms with Crippen molar-refractivity contribution in [3.05, 3.63) is 140 Å². The molecule has 192 valence electrons. The van der Waals surface area contributed by atoms with E-state index in [-0.39, 0.29) is 0 Å². The van der Waals surface area contributed by atoms with Crippen molar-refractivity contribution in [3.63, 3.8) is 0 Å². The van der Waals surface area contributed by atoms with Crippen LogP contribution in [0.25, 0.3) is 67.2 Å². The second kappa shape index (κ2) is 9.54. The highest BCUT2D eigenvalue weighted by Crippen LogP contribution is 2.47. The molecule has 0 radical (unpaired) electrons. The van der Waals surface area contributed by atoms with Crippen molar-refractivity contribution in [1.29, 1.82) is 0 Å². The van der Waals surface area contributed by atoms with Gasteiger partial charge in [0.25, 0.3) is 0 Å². The third-order valence-corrected chi connectivity index (χ3v) is 7.51. The molecule has 7 aromatic rings. The molecule has 1 aliphatic heterocycles. The Morgan fingerprint density at radius 2 is 0.951 bits per heavy atom. The van der Waals surface area contributed by atoms with Crippen LogP contribution in [0.1, 0.15) is 0 Å². The summed E-state index contributed by atoms with van der Waals surface area (Å²) < 4.78 is 6.43. The highest BCUT2D eigenvalue weighted by Gasteiger charge is 2.21. The molecular weight excluding hydrogens is 502 g/mol. The SMILES string of the molecule is c1ccc(-c2cccc(-c3nc(-c4ccccc4)nc(-c4ccc5c(c4)Oc4cccc6cccc-5c46)n3)c2)cc1. The van der Waals surface area contributed by atoms with Gasteiger partial charge in [0.05, 0.1) is 0 Å². The summed E-state index contributed by atoms with van der Waals surface area (Å²) in [5.41, 5.74) is 7.23. The van der Waals surface area contributed by atoms with E-state index in [9.17, 15) is 0 Å². The molecule has 4 heteroatoms. The van der Waals surface area contributed by atoms with Crippen LogP contribution in [0.4, 0.5) is 0 Å². The second-order valence-corrected chi connectivity index (χ2v) is 10.1. The fourth-order valence-corrected chi connectivity index (χ4v) is 5.52. The normalized spacial score (nSPS) is 11.6. The lowest BCUT2D eigenvalue weighted by atomic mass is 9.94. The summed E-state index contributed by atoms with van der Waals surface area (Å²) in [6.07, 6.45) is 0. The van der Waals surface area contributed by atoms with E-state index in [1.165, 1.54) is 10.9 Å². The fraction of sp³-hybridized carbons (Fsp3) is 0. The van der Waals surface area contributed by atoms with Crippen molar-refractivity contribution in [1.82, 2.24) is 15.0 Å². The summed E-state index contributed by atoms with van der Waals surface area (Å²) >= 11 is 0. The van der Waals surface area contributed by atoms with Crippen LogP contribution in [0.2, 0.25) is 0 Å². The van der Waals surface area contributed by atoms with Crippen LogP contribution in [-0.4, -0.2) is 15.0 Å². The first kappa shape index (κ1) is 23.3. The van der Waals surface area contributed by atoms with Gasteiger partial charge in [-0.1, -0.05) is 115 Å². The number of hydrogen-bond acceptors (Lipinski definition) is 4. The van der Waals surface area contributed by atoms with Crippen molar-refractivity contribution in [2.75, 3.05) is 0 Å². The molecule has 4 nitrogen and oxygen atoms in total. The number of benzene rings is 6. The molecule has 41 heavy (non-hydrogen) atoms. The van der Waals surface area contributed by atoms with Gasteiger partial charge in [-0.3, -0.25) is 0 Å². The highest BCUT2D eigenvalue weighted by molar-refractivity contribution is 6.04. The van der Waals surface area contributed by atoms with Gasteiger partial charge in [0.2, 0.25) is 0 Å². The Morgan fingerprint density at radius 3 is 1.71 bits per heavy atom. The predicted molar refractivity (Wildman–Crippen MR) is 165 cm³/mol. The van der Waals surface area contributed by atoms with Gasteiger partial charge < -0.3 is 4.74 Å². The molecule has 8 rings (SSSR count). The Balaban J connectivity index is 1.28. The standard InChI is InChI=1S/C37H23N3O/c1-3-10-24(11-4-1)27-16-7-17-28(22-27)36-38-35(26-12-5-2-6-13-26)39-37(40-36)29-20-21-30-31-18-8-14-25-15-9-19-32(34(25)31)41-33(30)23-29/h1-23H. The zero-order valence-electron chi connectivity index (χ0n) is 22.0. The maximum absolute atomic E-state index is 6.43. The minimum atomic E-state index is 0.599. The first-order chi connectivity index (χ1) is 20.3. The number of nitrogens with zero attached hydrogens (tertiary/aromatic N) is 3. The monoisotopic (exact) mass is 525 g/mol. The molecule has 0 saturated heterocycles. The first-order valence-electron chi connectivity index (χ1n) is 13.6. The molecular formula is C37H23N3O. The first-order valence-corrected chi connectivity index (χ1v) is 13.6. The molecule has 0 unspecified atom stereocenters. The summed E-state index contributed by atoms with van der Waals surface area (Å²) in [4.78, 5) is 14.8. The van der Waals surface area contributed by atoms with Crippen LogP contribution in [0.15, 0.2) is 140 Å². The van der Waals surface area contributed by atoms with Gasteiger partial charge in [-0.05, 0) is 46.3 Å². The smallest absolute Gasteiger partial charge is 0.164 e. The quantitative estimate of drug-likeness (QED) is 0.230. The van der Waals surface area contributed by atoms with Crippen molar-refractivity contribution in [2.24, 2.45) is 0 Å². The minimum absolute atomic E-state index is 0.599. The number of fused-ring (bicyclic) bond motifs is 2. The van der Waals surface area contributed by atoms with E-state index < -0.39 is 0 Å². The maximum atomic E-state index is 6.43. The van der Waals surface area contributed by atoms with Crippen molar-refractivity contribution in [3.8, 4) is 67.9 Å². The van der Waals surface area contributed by atoms with Crippen LogP contribution < -0.4 is 4.74 Å². The number of ether oxygens (including phenoxy) is 1. The Kier molecular flexibility index (Phi) is 5.42. The predicted octanol–water partition coefficient (Wildman–Crippen LogP) is 9.47. The summed E-state index contributed by atoms with van der Waals surface area (Å²) in [6, 6.07) is 47.5. The molecule has 1 aliphatic rings. The van der Waals surface area contributed by atoms with E-state index >= 15 is 0 Å². The summed E-state index contributed by atoms with van der Waals surface area (Å²) in [5, 5.41) is 2.31. The van der Waals surface area contributed by atoms with E-state index in [1.54, 1.807) is 0 Å². The van der Waals surface area contributed by atoms with Crippen LogP contribution in [0.5, 0.6) is 11.5 Å². The lowest BCUT2D eigenvalue weighted by molar-refractivity contribution is 0.487. The molecule has 0 atom stereocenters. The van der Waals surface area contributed by atoms with Crippen LogP contribution >= 0.6 is 0 Å². The molecule has 0 fully saturated rings. The molecule has 2 heterocycles. The van der Waals surface area contributed by atoms with Crippen LogP contribution in [-0.2, 0) is 0 Å². The molecule has 0 N–H and O–H groups in total. The summed E-state index contributed by atoms with van der Waals surface area (Å²) in [5.74, 6) is 3.51. The van der Waals surface area contributed by atoms with E-state index in [4.69, 9.17) is 19.7 Å². The summed E-state index contributed by atoms with van der Waals surface area (Å²) in [7, 11) is 0. The number of hydrogen-bond donors (Lipinski definition) is 0. The average Bonchev–Trinajstić information content (AvgIpc) is 3.05. The van der Waals surface area contributed by atoms with Gasteiger partial charge in [-0.2, -0.15) is 0 Å². The van der Waals surface area contributed by atoms with Crippen molar-refractivity contribution < 1.29 is 4.74 Å². The van der Waals surface area contributed by atoms with E-state index in [0.29, 0.717) is 17.5 Å². The maximum Gasteiger partial charge on any atom is 0.164 e. The van der Waals surface area contributed by atoms with Crippen LogP contribution in [0, 0.1) is 0 Å². The second-order valence-electron chi connectivity index (χ2n) is 10.1. The Morgan fingerprint density at radius 1 is 0.366 bits per heavy atom. The van der Waals surface area contributed by atoms with Crippen molar-refractivity contribution in [2.45, 2.75) is 0 Å². The highest BCUT2D eigenvalue weighted by atomic mass is 16.5. The molecule has 1 aromatic heterocycles. The van der Waals surface area contributed by atoms with E-state index in [0.717, 1.165) is 50.3 Å². The Hall–Kier alpha value is -5.61. The number of aromatic nitrogens is 3. The molecule has 0 bridgehead atoms. The van der Waals surface area contributed by atoms with Crippen LogP contribution in [0.3, 0.4) is 0 Å². The van der Waals surface area contributed by atoms with E-state index in [1.807, 2.05) is 78.9 Å². The fourth-order valence-electron chi connectivity index (χ4n) is 5.52. The minimum Gasteiger partial charge on any atom is -0.456 e. The van der Waals surface area contributed by atoms with Gasteiger partial charge in [-0.15, -0.1) is 0 Å². The third kappa shape index (κ3) is 4.14. The zero-order valence-corrected chi connectivity index (χ0v) is 22.0. The Bertz CT molecular complexity index is 2070. The van der Waals surface area contributed by atoms with E-state index in [2.05, 4.69) is 60.7 Å². The molecule has 0 spiro atoms. The topological polar surface area (TPSA) is 47.9 Å². The molecule has 0 amide bonds. The molecule has 0 saturated carbocycles. The van der Waals surface area contributed by atoms with Gasteiger partial charge >= 0.3 is 0 Å². The lowest BCUT2D eigenvalue weighted by Gasteiger charge is -2.21. The number of rotatable bonds is 4. The van der Waals surface area contributed by atoms with Crippen molar-refractivity contribution >= 4 is 10.8 Å². The van der Waals surface area contributed by atoms with Gasteiger partial charge in [0.1, 0.15) is 11.5 Å². The Labute approximate surface area is 237 Å².